The molecular weight excluding hydrogens is 287 g/mol. The van der Waals surface area contributed by atoms with E-state index in [0.717, 1.165) is 0 Å². The minimum Gasteiger partial charge on any atom is -0.496 e. The fourth-order valence-corrected chi connectivity index (χ4v) is 1.80. The number of hydrogen-bond acceptors (Lipinski definition) is 3. The van der Waals surface area contributed by atoms with E-state index < -0.39 is 0 Å². The molecule has 19 heavy (non-hydrogen) atoms. The van der Waals surface area contributed by atoms with Crippen molar-refractivity contribution in [1.29, 1.82) is 0 Å². The normalized spacial score (nSPS) is 10.1. The van der Waals surface area contributed by atoms with Crippen molar-refractivity contribution in [3.8, 4) is 23.0 Å². The second kappa shape index (κ2) is 6.04. The lowest BCUT2D eigenvalue weighted by atomic mass is 10.3. The molecule has 0 spiro atoms. The van der Waals surface area contributed by atoms with Crippen LogP contribution in [0.1, 0.15) is 0 Å². The van der Waals surface area contributed by atoms with Gasteiger partial charge in [-0.15, -0.1) is 0 Å². The van der Waals surface area contributed by atoms with Gasteiger partial charge < -0.3 is 14.2 Å². The van der Waals surface area contributed by atoms with Gasteiger partial charge in [0.1, 0.15) is 23.0 Å². The van der Waals surface area contributed by atoms with Crippen molar-refractivity contribution in [2.24, 2.45) is 0 Å². The lowest BCUT2D eigenvalue weighted by Crippen LogP contribution is -1.90. The smallest absolute Gasteiger partial charge is 0.134 e. The van der Waals surface area contributed by atoms with Crippen molar-refractivity contribution in [3.63, 3.8) is 0 Å². The largest absolute Gasteiger partial charge is 0.496 e. The van der Waals surface area contributed by atoms with E-state index in [-0.39, 0.29) is 0 Å². The van der Waals surface area contributed by atoms with Gasteiger partial charge in [0.05, 0.1) is 24.3 Å². The second-order valence-corrected chi connectivity index (χ2v) is 4.54. The highest BCUT2D eigenvalue weighted by atomic mass is 35.5. The lowest BCUT2D eigenvalue weighted by molar-refractivity contribution is 0.386. The summed E-state index contributed by atoms with van der Waals surface area (Å²) in [5.41, 5.74) is 0. The SMILES string of the molecule is COc1cc(OC)cc(Oc2ccc(Cl)c(Cl)c2)c1. The van der Waals surface area contributed by atoms with Crippen LogP contribution in [0.5, 0.6) is 23.0 Å². The van der Waals surface area contributed by atoms with Gasteiger partial charge in [-0.3, -0.25) is 0 Å². The van der Waals surface area contributed by atoms with Crippen LogP contribution in [0, 0.1) is 0 Å². The highest BCUT2D eigenvalue weighted by Gasteiger charge is 2.06. The minimum atomic E-state index is 0.439. The van der Waals surface area contributed by atoms with E-state index in [1.54, 1.807) is 50.6 Å². The zero-order chi connectivity index (χ0) is 13.8. The van der Waals surface area contributed by atoms with Crippen LogP contribution in [-0.4, -0.2) is 14.2 Å². The number of methoxy groups -OCH3 is 2. The van der Waals surface area contributed by atoms with Crippen molar-refractivity contribution in [3.05, 3.63) is 46.4 Å². The summed E-state index contributed by atoms with van der Waals surface area (Å²) >= 11 is 11.8. The standard InChI is InChI=1S/C14H12Cl2O3/c1-17-10-5-11(18-2)7-12(6-10)19-9-3-4-13(15)14(16)8-9/h3-8H,1-2H3. The molecule has 0 aromatic heterocycles. The predicted octanol–water partition coefficient (Wildman–Crippen LogP) is 4.80. The molecule has 5 heteroatoms. The summed E-state index contributed by atoms with van der Waals surface area (Å²) in [5, 5.41) is 0.922. The molecule has 0 fully saturated rings. The first-order chi connectivity index (χ1) is 9.12. The summed E-state index contributed by atoms with van der Waals surface area (Å²) in [6.45, 7) is 0. The Morgan fingerprint density at radius 1 is 0.684 bits per heavy atom. The zero-order valence-electron chi connectivity index (χ0n) is 10.4. The first-order valence-electron chi connectivity index (χ1n) is 5.48. The third kappa shape index (κ3) is 3.46. The molecule has 0 unspecified atom stereocenters. The van der Waals surface area contributed by atoms with Crippen LogP contribution in [-0.2, 0) is 0 Å². The average molecular weight is 299 g/mol. The van der Waals surface area contributed by atoms with Crippen molar-refractivity contribution in [2.45, 2.75) is 0 Å². The van der Waals surface area contributed by atoms with Gasteiger partial charge in [0.25, 0.3) is 0 Å². The van der Waals surface area contributed by atoms with Crippen molar-refractivity contribution >= 4 is 23.2 Å². The minimum absolute atomic E-state index is 0.439. The van der Waals surface area contributed by atoms with Gasteiger partial charge in [-0.05, 0) is 12.1 Å². The maximum atomic E-state index is 5.94. The Hall–Kier alpha value is -1.58. The van der Waals surface area contributed by atoms with Gasteiger partial charge in [0, 0.05) is 24.3 Å². The molecule has 2 aromatic carbocycles. The van der Waals surface area contributed by atoms with Crippen LogP contribution in [0.3, 0.4) is 0 Å². The summed E-state index contributed by atoms with van der Waals surface area (Å²) in [6.07, 6.45) is 0. The van der Waals surface area contributed by atoms with Crippen LogP contribution >= 0.6 is 23.2 Å². The van der Waals surface area contributed by atoms with Crippen molar-refractivity contribution < 1.29 is 14.2 Å². The molecule has 0 N–H and O–H groups in total. The van der Waals surface area contributed by atoms with Gasteiger partial charge in [0.2, 0.25) is 0 Å². The fourth-order valence-electron chi connectivity index (χ4n) is 1.52. The number of halogens is 2. The van der Waals surface area contributed by atoms with E-state index in [4.69, 9.17) is 37.4 Å². The van der Waals surface area contributed by atoms with E-state index in [0.29, 0.717) is 33.0 Å². The third-order valence-electron chi connectivity index (χ3n) is 2.45. The van der Waals surface area contributed by atoms with Gasteiger partial charge in [-0.2, -0.15) is 0 Å². The molecule has 3 nitrogen and oxygen atoms in total. The monoisotopic (exact) mass is 298 g/mol. The summed E-state index contributed by atoms with van der Waals surface area (Å²) < 4.78 is 16.0. The molecule has 0 saturated carbocycles. The summed E-state index contributed by atoms with van der Waals surface area (Å²) in [4.78, 5) is 0. The van der Waals surface area contributed by atoms with Crippen LogP contribution in [0.2, 0.25) is 10.0 Å². The van der Waals surface area contributed by atoms with Gasteiger partial charge in [-0.25, -0.2) is 0 Å². The third-order valence-corrected chi connectivity index (χ3v) is 3.19. The topological polar surface area (TPSA) is 27.7 Å². The molecule has 0 aliphatic carbocycles. The van der Waals surface area contributed by atoms with Crippen LogP contribution < -0.4 is 14.2 Å². The predicted molar refractivity (Wildman–Crippen MR) is 76.1 cm³/mol. The number of hydrogen-bond donors (Lipinski definition) is 0. The Balaban J connectivity index is 2.29. The lowest BCUT2D eigenvalue weighted by Gasteiger charge is -2.10. The van der Waals surface area contributed by atoms with Crippen LogP contribution in [0.15, 0.2) is 36.4 Å². The molecule has 2 aromatic rings. The Bertz CT molecular complexity index is 563. The molecule has 0 aliphatic rings. The first kappa shape index (κ1) is 13.8. The van der Waals surface area contributed by atoms with Gasteiger partial charge in [0.15, 0.2) is 0 Å². The summed E-state index contributed by atoms with van der Waals surface area (Å²) in [5.74, 6) is 2.48. The maximum Gasteiger partial charge on any atom is 0.134 e. The van der Waals surface area contributed by atoms with Gasteiger partial charge in [-0.1, -0.05) is 23.2 Å². The number of benzene rings is 2. The molecule has 100 valence electrons. The molecule has 2 rings (SSSR count). The van der Waals surface area contributed by atoms with Crippen molar-refractivity contribution in [1.82, 2.24) is 0 Å². The molecule has 0 amide bonds. The summed E-state index contributed by atoms with van der Waals surface area (Å²) in [7, 11) is 3.16. The van der Waals surface area contributed by atoms with E-state index in [9.17, 15) is 0 Å². The van der Waals surface area contributed by atoms with Crippen LogP contribution in [0.4, 0.5) is 0 Å². The molecule has 0 bridgehead atoms. The highest BCUT2D eigenvalue weighted by Crippen LogP contribution is 2.33. The van der Waals surface area contributed by atoms with E-state index in [2.05, 4.69) is 0 Å². The quantitative estimate of drug-likeness (QED) is 0.811. The molecule has 0 aliphatic heterocycles. The van der Waals surface area contributed by atoms with Gasteiger partial charge >= 0.3 is 0 Å². The molecule has 0 atom stereocenters. The second-order valence-electron chi connectivity index (χ2n) is 3.73. The number of ether oxygens (including phenoxy) is 3. The fraction of sp³-hybridized carbons (Fsp3) is 0.143. The molecule has 0 saturated heterocycles. The van der Waals surface area contributed by atoms with Crippen molar-refractivity contribution in [2.75, 3.05) is 14.2 Å². The van der Waals surface area contributed by atoms with Crippen LogP contribution in [0.25, 0.3) is 0 Å². The zero-order valence-corrected chi connectivity index (χ0v) is 12.0. The summed E-state index contributed by atoms with van der Waals surface area (Å²) in [6, 6.07) is 10.3. The van der Waals surface area contributed by atoms with E-state index in [1.807, 2.05) is 0 Å². The Morgan fingerprint density at radius 3 is 1.79 bits per heavy atom. The highest BCUT2D eigenvalue weighted by molar-refractivity contribution is 6.42. The first-order valence-corrected chi connectivity index (χ1v) is 6.24. The molecular formula is C14H12Cl2O3. The van der Waals surface area contributed by atoms with E-state index in [1.165, 1.54) is 0 Å². The average Bonchev–Trinajstić information content (AvgIpc) is 2.42. The molecule has 0 radical (unpaired) electrons. The Morgan fingerprint density at radius 2 is 1.26 bits per heavy atom. The number of rotatable bonds is 4. The Labute approximate surface area is 121 Å². The van der Waals surface area contributed by atoms with E-state index >= 15 is 0 Å². The molecule has 0 heterocycles. The Kier molecular flexibility index (Phi) is 4.40. The maximum absolute atomic E-state index is 5.94.